The van der Waals surface area contributed by atoms with E-state index in [2.05, 4.69) is 17.1 Å². The standard InChI is InChI=1S/C16H14ClN3/c17-14-8-4-7-13(9-14)15-16(18)20(11-19-15)10-12-5-2-1-3-6-12/h1-9,11H,10,18H2. The fourth-order valence-electron chi connectivity index (χ4n) is 2.16. The van der Waals surface area contributed by atoms with E-state index in [1.807, 2.05) is 47.0 Å². The Kier molecular flexibility index (Phi) is 3.44. The van der Waals surface area contributed by atoms with Crippen LogP contribution in [0.2, 0.25) is 5.02 Å². The van der Waals surface area contributed by atoms with Crippen molar-refractivity contribution in [1.29, 1.82) is 0 Å². The van der Waals surface area contributed by atoms with Gasteiger partial charge in [0, 0.05) is 10.6 Å². The molecule has 0 aliphatic heterocycles. The van der Waals surface area contributed by atoms with Gasteiger partial charge in [0.25, 0.3) is 0 Å². The molecule has 0 aliphatic carbocycles. The molecule has 4 heteroatoms. The summed E-state index contributed by atoms with van der Waals surface area (Å²) < 4.78 is 1.94. The predicted molar refractivity (Wildman–Crippen MR) is 82.6 cm³/mol. The third kappa shape index (κ3) is 2.53. The van der Waals surface area contributed by atoms with Crippen molar-refractivity contribution >= 4 is 17.4 Å². The molecule has 2 aromatic carbocycles. The van der Waals surface area contributed by atoms with Crippen LogP contribution in [0, 0.1) is 0 Å². The van der Waals surface area contributed by atoms with Crippen molar-refractivity contribution in [2.45, 2.75) is 6.54 Å². The van der Waals surface area contributed by atoms with Crippen molar-refractivity contribution in [3.63, 3.8) is 0 Å². The molecule has 1 heterocycles. The van der Waals surface area contributed by atoms with Crippen LogP contribution in [-0.4, -0.2) is 9.55 Å². The Morgan fingerprint density at radius 2 is 1.85 bits per heavy atom. The molecular formula is C16H14ClN3. The van der Waals surface area contributed by atoms with Crippen LogP contribution in [0.15, 0.2) is 60.9 Å². The number of nitrogen functional groups attached to an aromatic ring is 1. The zero-order valence-electron chi connectivity index (χ0n) is 10.8. The molecule has 0 aliphatic rings. The minimum atomic E-state index is 0.649. The quantitative estimate of drug-likeness (QED) is 0.794. The molecule has 0 saturated heterocycles. The summed E-state index contributed by atoms with van der Waals surface area (Å²) in [6.07, 6.45) is 1.76. The number of nitrogens with two attached hydrogens (primary N) is 1. The van der Waals surface area contributed by atoms with Crippen LogP contribution in [0.1, 0.15) is 5.56 Å². The number of aromatic nitrogens is 2. The van der Waals surface area contributed by atoms with Gasteiger partial charge in [0.1, 0.15) is 11.5 Å². The molecule has 2 N–H and O–H groups in total. The summed E-state index contributed by atoms with van der Waals surface area (Å²) in [7, 11) is 0. The molecule has 3 aromatic rings. The van der Waals surface area contributed by atoms with Crippen LogP contribution < -0.4 is 5.73 Å². The van der Waals surface area contributed by atoms with E-state index in [0.29, 0.717) is 17.4 Å². The number of anilines is 1. The summed E-state index contributed by atoms with van der Waals surface area (Å²) in [4.78, 5) is 4.40. The normalized spacial score (nSPS) is 10.7. The second kappa shape index (κ2) is 5.39. The highest BCUT2D eigenvalue weighted by atomic mass is 35.5. The third-order valence-corrected chi connectivity index (χ3v) is 3.41. The maximum atomic E-state index is 6.19. The molecular weight excluding hydrogens is 270 g/mol. The molecule has 100 valence electrons. The smallest absolute Gasteiger partial charge is 0.131 e. The molecule has 1 aromatic heterocycles. The minimum absolute atomic E-state index is 0.649. The second-order valence-electron chi connectivity index (χ2n) is 4.60. The van der Waals surface area contributed by atoms with Crippen molar-refractivity contribution in [1.82, 2.24) is 9.55 Å². The molecule has 0 unspecified atom stereocenters. The first kappa shape index (κ1) is 12.8. The first-order valence-electron chi connectivity index (χ1n) is 6.34. The molecule has 0 fully saturated rings. The van der Waals surface area contributed by atoms with Crippen LogP contribution in [0.3, 0.4) is 0 Å². The highest BCUT2D eigenvalue weighted by Gasteiger charge is 2.10. The van der Waals surface area contributed by atoms with Gasteiger partial charge in [0.05, 0.1) is 12.9 Å². The number of rotatable bonds is 3. The summed E-state index contributed by atoms with van der Waals surface area (Å²) in [5.74, 6) is 0.649. The summed E-state index contributed by atoms with van der Waals surface area (Å²) in [5, 5.41) is 0.680. The van der Waals surface area contributed by atoms with E-state index in [-0.39, 0.29) is 0 Å². The van der Waals surface area contributed by atoms with Gasteiger partial charge in [-0.25, -0.2) is 4.98 Å². The Morgan fingerprint density at radius 3 is 2.60 bits per heavy atom. The van der Waals surface area contributed by atoms with E-state index >= 15 is 0 Å². The summed E-state index contributed by atoms with van der Waals surface area (Å²) in [5.41, 5.74) is 9.08. The van der Waals surface area contributed by atoms with E-state index in [1.54, 1.807) is 6.33 Å². The van der Waals surface area contributed by atoms with Gasteiger partial charge in [-0.05, 0) is 17.7 Å². The molecule has 0 amide bonds. The fourth-order valence-corrected chi connectivity index (χ4v) is 2.35. The van der Waals surface area contributed by atoms with Crippen LogP contribution in [0.25, 0.3) is 11.3 Å². The summed E-state index contributed by atoms with van der Waals surface area (Å²) >= 11 is 6.01. The lowest BCUT2D eigenvalue weighted by atomic mass is 10.1. The number of nitrogens with zero attached hydrogens (tertiary/aromatic N) is 2. The van der Waals surface area contributed by atoms with Crippen LogP contribution in [0.4, 0.5) is 5.82 Å². The van der Waals surface area contributed by atoms with Crippen molar-refractivity contribution in [2.24, 2.45) is 0 Å². The van der Waals surface area contributed by atoms with Crippen LogP contribution >= 0.6 is 11.6 Å². The zero-order chi connectivity index (χ0) is 13.9. The van der Waals surface area contributed by atoms with Gasteiger partial charge in [0.2, 0.25) is 0 Å². The van der Waals surface area contributed by atoms with Gasteiger partial charge in [-0.15, -0.1) is 0 Å². The molecule has 0 bridgehead atoms. The summed E-state index contributed by atoms with van der Waals surface area (Å²) in [6.45, 7) is 0.709. The number of hydrogen-bond donors (Lipinski definition) is 1. The lowest BCUT2D eigenvalue weighted by Crippen LogP contribution is -2.03. The largest absolute Gasteiger partial charge is 0.383 e. The molecule has 0 atom stereocenters. The highest BCUT2D eigenvalue weighted by Crippen LogP contribution is 2.26. The van der Waals surface area contributed by atoms with Gasteiger partial charge >= 0.3 is 0 Å². The van der Waals surface area contributed by atoms with E-state index < -0.39 is 0 Å². The number of imidazole rings is 1. The van der Waals surface area contributed by atoms with Gasteiger partial charge in [-0.2, -0.15) is 0 Å². The average Bonchev–Trinajstić information content (AvgIpc) is 2.81. The van der Waals surface area contributed by atoms with Gasteiger partial charge in [-0.3, -0.25) is 0 Å². The van der Waals surface area contributed by atoms with E-state index in [1.165, 1.54) is 5.56 Å². The molecule has 0 radical (unpaired) electrons. The van der Waals surface area contributed by atoms with E-state index in [0.717, 1.165) is 11.3 Å². The van der Waals surface area contributed by atoms with Crippen molar-refractivity contribution in [2.75, 3.05) is 5.73 Å². The SMILES string of the molecule is Nc1c(-c2cccc(Cl)c2)ncn1Cc1ccccc1. The highest BCUT2D eigenvalue weighted by molar-refractivity contribution is 6.30. The molecule has 0 spiro atoms. The first-order valence-corrected chi connectivity index (χ1v) is 6.72. The summed E-state index contributed by atoms with van der Waals surface area (Å²) in [6, 6.07) is 17.7. The Balaban J connectivity index is 1.93. The molecule has 3 rings (SSSR count). The Bertz CT molecular complexity index is 720. The molecule has 0 saturated carbocycles. The monoisotopic (exact) mass is 283 g/mol. The maximum Gasteiger partial charge on any atom is 0.131 e. The topological polar surface area (TPSA) is 43.8 Å². The lowest BCUT2D eigenvalue weighted by molar-refractivity contribution is 0.808. The maximum absolute atomic E-state index is 6.19. The van der Waals surface area contributed by atoms with Gasteiger partial charge in [-0.1, -0.05) is 54.1 Å². The van der Waals surface area contributed by atoms with Crippen molar-refractivity contribution in [3.8, 4) is 11.3 Å². The minimum Gasteiger partial charge on any atom is -0.383 e. The third-order valence-electron chi connectivity index (χ3n) is 3.17. The van der Waals surface area contributed by atoms with Crippen molar-refractivity contribution in [3.05, 3.63) is 71.5 Å². The van der Waals surface area contributed by atoms with Gasteiger partial charge in [0.15, 0.2) is 0 Å². The molecule has 3 nitrogen and oxygen atoms in total. The van der Waals surface area contributed by atoms with Gasteiger partial charge < -0.3 is 10.3 Å². The van der Waals surface area contributed by atoms with E-state index in [4.69, 9.17) is 17.3 Å². The fraction of sp³-hybridized carbons (Fsp3) is 0.0625. The number of halogens is 1. The van der Waals surface area contributed by atoms with E-state index in [9.17, 15) is 0 Å². The van der Waals surface area contributed by atoms with Crippen LogP contribution in [0.5, 0.6) is 0 Å². The zero-order valence-corrected chi connectivity index (χ0v) is 11.6. The number of benzene rings is 2. The average molecular weight is 284 g/mol. The molecule has 20 heavy (non-hydrogen) atoms. The van der Waals surface area contributed by atoms with Crippen LogP contribution in [-0.2, 0) is 6.54 Å². The Morgan fingerprint density at radius 1 is 1.05 bits per heavy atom. The Labute approximate surface area is 122 Å². The predicted octanol–water partition coefficient (Wildman–Crippen LogP) is 3.83. The lowest BCUT2D eigenvalue weighted by Gasteiger charge is -2.06. The second-order valence-corrected chi connectivity index (χ2v) is 5.04. The van der Waals surface area contributed by atoms with Crippen molar-refractivity contribution < 1.29 is 0 Å². The Hall–Kier alpha value is -2.26. The first-order chi connectivity index (χ1) is 9.74. The number of hydrogen-bond acceptors (Lipinski definition) is 2.